The lowest BCUT2D eigenvalue weighted by molar-refractivity contribution is -0.384. The second kappa shape index (κ2) is 7.49. The fraction of sp³-hybridized carbons (Fsp3) is 0.0714. The number of hydrogen-bond donors (Lipinski definition) is 2. The van der Waals surface area contributed by atoms with Gasteiger partial charge in [-0.3, -0.25) is 14.9 Å². The topological polar surface area (TPSA) is 129 Å². The molecular formula is C14H11FN6O3S2. The van der Waals surface area contributed by atoms with Crippen molar-refractivity contribution in [2.75, 3.05) is 16.9 Å². The summed E-state index contributed by atoms with van der Waals surface area (Å²) in [6.45, 7) is 0. The fourth-order valence-electron chi connectivity index (χ4n) is 1.99. The number of nitrogens with zero attached hydrogens (tertiary/aromatic N) is 4. The zero-order valence-electron chi connectivity index (χ0n) is 13.0. The number of thiophene rings is 1. The van der Waals surface area contributed by atoms with Gasteiger partial charge in [-0.2, -0.15) is 0 Å². The molecule has 0 atom stereocenters. The van der Waals surface area contributed by atoms with Crippen molar-refractivity contribution in [3.63, 3.8) is 0 Å². The Hall–Kier alpha value is -2.99. The van der Waals surface area contributed by atoms with Crippen LogP contribution in [0.5, 0.6) is 0 Å². The van der Waals surface area contributed by atoms with Crippen LogP contribution in [0.25, 0.3) is 10.7 Å². The van der Waals surface area contributed by atoms with Gasteiger partial charge in [-0.05, 0) is 17.5 Å². The van der Waals surface area contributed by atoms with E-state index in [4.69, 9.17) is 5.84 Å². The molecule has 1 aromatic carbocycles. The number of non-ortho nitro benzene ring substituents is 1. The summed E-state index contributed by atoms with van der Waals surface area (Å²) >= 11 is 2.46. The van der Waals surface area contributed by atoms with Gasteiger partial charge in [0.05, 0.1) is 21.2 Å². The van der Waals surface area contributed by atoms with Crippen LogP contribution in [0, 0.1) is 15.9 Å². The number of nitrogens with one attached hydrogen (secondary N) is 1. The second-order valence-electron chi connectivity index (χ2n) is 4.91. The van der Waals surface area contributed by atoms with E-state index in [2.05, 4.69) is 15.5 Å². The maximum absolute atomic E-state index is 13.7. The van der Waals surface area contributed by atoms with Crippen LogP contribution >= 0.6 is 23.1 Å². The molecule has 2 heterocycles. The van der Waals surface area contributed by atoms with Crippen LogP contribution in [0.3, 0.4) is 0 Å². The molecule has 0 saturated carbocycles. The number of nitro benzene ring substituents is 1. The third-order valence-electron chi connectivity index (χ3n) is 3.17. The van der Waals surface area contributed by atoms with E-state index in [9.17, 15) is 19.3 Å². The average molecular weight is 394 g/mol. The minimum absolute atomic E-state index is 0.123. The highest BCUT2D eigenvalue weighted by molar-refractivity contribution is 7.99. The second-order valence-corrected chi connectivity index (χ2v) is 6.80. The molecule has 9 nitrogen and oxygen atoms in total. The van der Waals surface area contributed by atoms with E-state index in [1.165, 1.54) is 16.0 Å². The summed E-state index contributed by atoms with van der Waals surface area (Å²) in [4.78, 5) is 22.9. The summed E-state index contributed by atoms with van der Waals surface area (Å²) in [5.74, 6) is 4.94. The number of nitrogen functional groups attached to an aromatic ring is 1. The van der Waals surface area contributed by atoms with Gasteiger partial charge in [0, 0.05) is 12.1 Å². The van der Waals surface area contributed by atoms with Crippen molar-refractivity contribution in [3.8, 4) is 10.7 Å². The van der Waals surface area contributed by atoms with Gasteiger partial charge in [0.1, 0.15) is 5.82 Å². The average Bonchev–Trinajstić information content (AvgIpc) is 3.24. The number of rotatable bonds is 6. The van der Waals surface area contributed by atoms with Gasteiger partial charge in [-0.15, -0.1) is 21.5 Å². The highest BCUT2D eigenvalue weighted by atomic mass is 32.2. The van der Waals surface area contributed by atoms with E-state index >= 15 is 0 Å². The van der Waals surface area contributed by atoms with Crippen LogP contribution in [0.15, 0.2) is 40.9 Å². The molecule has 0 aliphatic rings. The molecule has 134 valence electrons. The van der Waals surface area contributed by atoms with Crippen LogP contribution in [-0.2, 0) is 4.79 Å². The van der Waals surface area contributed by atoms with Crippen molar-refractivity contribution in [1.29, 1.82) is 0 Å². The first kappa shape index (κ1) is 17.8. The molecule has 2 aromatic heterocycles. The molecule has 0 bridgehead atoms. The molecule has 1 amide bonds. The Morgan fingerprint density at radius 3 is 2.92 bits per heavy atom. The summed E-state index contributed by atoms with van der Waals surface area (Å²) in [5.41, 5.74) is -0.588. The Bertz CT molecular complexity index is 960. The molecule has 0 aliphatic carbocycles. The number of halogens is 1. The molecule has 3 N–H and O–H groups in total. The Kier molecular flexibility index (Phi) is 5.14. The number of aromatic nitrogens is 3. The quantitative estimate of drug-likeness (QED) is 0.284. The number of benzene rings is 1. The summed E-state index contributed by atoms with van der Waals surface area (Å²) in [7, 11) is 0. The van der Waals surface area contributed by atoms with Crippen molar-refractivity contribution in [2.45, 2.75) is 5.16 Å². The predicted octanol–water partition coefficient (Wildman–Crippen LogP) is 2.50. The maximum Gasteiger partial charge on any atom is 0.271 e. The van der Waals surface area contributed by atoms with Crippen molar-refractivity contribution < 1.29 is 14.1 Å². The molecule has 0 spiro atoms. The summed E-state index contributed by atoms with van der Waals surface area (Å²) < 4.78 is 15.0. The van der Waals surface area contributed by atoms with Crippen LogP contribution in [0.2, 0.25) is 0 Å². The molecule has 3 aromatic rings. The minimum atomic E-state index is -0.768. The van der Waals surface area contributed by atoms with E-state index in [0.29, 0.717) is 11.0 Å². The third-order valence-corrected chi connectivity index (χ3v) is 4.98. The monoisotopic (exact) mass is 394 g/mol. The van der Waals surface area contributed by atoms with Gasteiger partial charge in [0.2, 0.25) is 11.1 Å². The Morgan fingerprint density at radius 2 is 2.23 bits per heavy atom. The number of thioether (sulfide) groups is 1. The number of nitrogens with two attached hydrogens (primary N) is 1. The molecule has 12 heteroatoms. The molecule has 0 aliphatic heterocycles. The fourth-order valence-corrected chi connectivity index (χ4v) is 3.35. The number of nitro groups is 1. The molecule has 0 unspecified atom stereocenters. The number of anilines is 1. The maximum atomic E-state index is 13.7. The lowest BCUT2D eigenvalue weighted by Crippen LogP contribution is -2.17. The van der Waals surface area contributed by atoms with E-state index in [-0.39, 0.29) is 17.1 Å². The standard InChI is InChI=1S/C14H11FN6O3S2/c15-9-4-3-8(21(23)24)6-10(9)17-12(22)7-26-14-19-18-13(20(14)16)11-2-1-5-25-11/h1-6H,7,16H2,(H,17,22). The van der Waals surface area contributed by atoms with Gasteiger partial charge in [-0.25, -0.2) is 9.07 Å². The number of amides is 1. The highest BCUT2D eigenvalue weighted by Crippen LogP contribution is 2.26. The van der Waals surface area contributed by atoms with Crippen molar-refractivity contribution in [1.82, 2.24) is 14.9 Å². The Balaban J connectivity index is 1.65. The lowest BCUT2D eigenvalue weighted by Gasteiger charge is -2.06. The normalized spacial score (nSPS) is 10.7. The first-order valence-electron chi connectivity index (χ1n) is 7.06. The van der Waals surface area contributed by atoms with Gasteiger partial charge < -0.3 is 11.2 Å². The molecule has 0 fully saturated rings. The van der Waals surface area contributed by atoms with Crippen LogP contribution in [-0.4, -0.2) is 31.5 Å². The zero-order valence-corrected chi connectivity index (χ0v) is 14.6. The first-order valence-corrected chi connectivity index (χ1v) is 8.93. The van der Waals surface area contributed by atoms with Crippen molar-refractivity contribution in [2.24, 2.45) is 0 Å². The number of carbonyl (C=O) groups is 1. The summed E-state index contributed by atoms with van der Waals surface area (Å²) in [6.07, 6.45) is 0. The summed E-state index contributed by atoms with van der Waals surface area (Å²) in [6, 6.07) is 6.58. The molecule has 26 heavy (non-hydrogen) atoms. The van der Waals surface area contributed by atoms with Gasteiger partial charge in [0.25, 0.3) is 5.69 Å². The zero-order chi connectivity index (χ0) is 18.7. The van der Waals surface area contributed by atoms with Gasteiger partial charge in [0.15, 0.2) is 5.82 Å². The first-order chi connectivity index (χ1) is 12.5. The van der Waals surface area contributed by atoms with Crippen molar-refractivity contribution in [3.05, 3.63) is 51.6 Å². The van der Waals surface area contributed by atoms with Crippen LogP contribution < -0.4 is 11.2 Å². The molecule has 0 radical (unpaired) electrons. The Labute approximate surface area is 154 Å². The smallest absolute Gasteiger partial charge is 0.271 e. The van der Waals surface area contributed by atoms with Crippen molar-refractivity contribution >= 4 is 40.4 Å². The minimum Gasteiger partial charge on any atom is -0.335 e. The Morgan fingerprint density at radius 1 is 1.42 bits per heavy atom. The van der Waals surface area contributed by atoms with Gasteiger partial charge >= 0.3 is 0 Å². The van der Waals surface area contributed by atoms with E-state index in [1.54, 1.807) is 0 Å². The molecular weight excluding hydrogens is 383 g/mol. The van der Waals surface area contributed by atoms with Gasteiger partial charge in [-0.1, -0.05) is 17.8 Å². The third kappa shape index (κ3) is 3.81. The molecule has 3 rings (SSSR count). The van der Waals surface area contributed by atoms with Crippen LogP contribution in [0.4, 0.5) is 15.8 Å². The summed E-state index contributed by atoms with van der Waals surface area (Å²) in [5, 5.41) is 23.1. The van der Waals surface area contributed by atoms with E-state index in [1.807, 2.05) is 17.5 Å². The predicted molar refractivity (Wildman–Crippen MR) is 95.9 cm³/mol. The largest absolute Gasteiger partial charge is 0.335 e. The lowest BCUT2D eigenvalue weighted by atomic mass is 10.2. The van der Waals surface area contributed by atoms with E-state index in [0.717, 1.165) is 34.8 Å². The van der Waals surface area contributed by atoms with Crippen LogP contribution in [0.1, 0.15) is 0 Å². The SMILES string of the molecule is Nn1c(SCC(=O)Nc2cc([N+](=O)[O-])ccc2F)nnc1-c1cccs1. The molecule has 0 saturated heterocycles. The highest BCUT2D eigenvalue weighted by Gasteiger charge is 2.16. The van der Waals surface area contributed by atoms with E-state index < -0.39 is 16.6 Å². The number of hydrogen-bond acceptors (Lipinski definition) is 8. The number of carbonyl (C=O) groups excluding carboxylic acids is 1.